The molecule has 0 saturated carbocycles. The van der Waals surface area contributed by atoms with Gasteiger partial charge in [-0.2, -0.15) is 0 Å². The van der Waals surface area contributed by atoms with Crippen LogP contribution in [0, 0.1) is 0 Å². The standard InChI is InChI=1S/C15H21NO2S.ClH/c1-15(2,3)16-8-11(17)9-18-13-10-19-14-7-5-4-6-12(13)14;/h4-7,10-11,16-17H,8-9H2,1-3H3;1H. The molecule has 0 amide bonds. The number of thiophene rings is 1. The van der Waals surface area contributed by atoms with Crippen molar-refractivity contribution in [3.05, 3.63) is 29.6 Å². The van der Waals surface area contributed by atoms with Gasteiger partial charge in [0.2, 0.25) is 0 Å². The number of benzene rings is 1. The molecular formula is C15H22ClNO2S. The number of aliphatic hydroxyl groups is 1. The largest absolute Gasteiger partial charge is 0.489 e. The minimum Gasteiger partial charge on any atom is -0.489 e. The smallest absolute Gasteiger partial charge is 0.137 e. The first-order chi connectivity index (χ1) is 8.96. The van der Waals surface area contributed by atoms with Crippen molar-refractivity contribution in [3.63, 3.8) is 0 Å². The topological polar surface area (TPSA) is 41.5 Å². The Bertz CT molecular complexity index is 536. The molecule has 0 aliphatic rings. The molecule has 0 saturated heterocycles. The third-order valence-corrected chi connectivity index (χ3v) is 3.69. The van der Waals surface area contributed by atoms with E-state index in [-0.39, 0.29) is 17.9 Å². The van der Waals surface area contributed by atoms with Gasteiger partial charge in [-0.15, -0.1) is 23.7 Å². The summed E-state index contributed by atoms with van der Waals surface area (Å²) in [6, 6.07) is 8.13. The summed E-state index contributed by atoms with van der Waals surface area (Å²) in [6.07, 6.45) is -0.502. The number of fused-ring (bicyclic) bond motifs is 1. The highest BCUT2D eigenvalue weighted by Crippen LogP contribution is 2.31. The van der Waals surface area contributed by atoms with Crippen LogP contribution in [0.15, 0.2) is 29.6 Å². The second-order valence-electron chi connectivity index (χ2n) is 5.69. The summed E-state index contributed by atoms with van der Waals surface area (Å²) < 4.78 is 6.91. The van der Waals surface area contributed by atoms with E-state index in [1.807, 2.05) is 23.6 Å². The van der Waals surface area contributed by atoms with Crippen molar-refractivity contribution >= 4 is 33.8 Å². The molecular weight excluding hydrogens is 294 g/mol. The summed E-state index contributed by atoms with van der Waals surface area (Å²) in [4.78, 5) is 0. The molecule has 0 aliphatic heterocycles. The lowest BCUT2D eigenvalue weighted by Crippen LogP contribution is -2.42. The Kier molecular flexibility index (Phi) is 6.27. The Morgan fingerprint density at radius 1 is 1.30 bits per heavy atom. The van der Waals surface area contributed by atoms with Gasteiger partial charge in [-0.3, -0.25) is 0 Å². The number of halogens is 1. The number of ether oxygens (including phenoxy) is 1. The van der Waals surface area contributed by atoms with Gasteiger partial charge in [0.1, 0.15) is 18.5 Å². The maximum atomic E-state index is 9.90. The lowest BCUT2D eigenvalue weighted by atomic mass is 10.1. The molecule has 1 aromatic heterocycles. The number of hydrogen-bond donors (Lipinski definition) is 2. The van der Waals surface area contributed by atoms with Crippen LogP contribution in [0.3, 0.4) is 0 Å². The number of aliphatic hydroxyl groups excluding tert-OH is 1. The molecule has 1 unspecified atom stereocenters. The van der Waals surface area contributed by atoms with Gasteiger partial charge in [0, 0.05) is 27.5 Å². The molecule has 5 heteroatoms. The van der Waals surface area contributed by atoms with Crippen LogP contribution in [-0.2, 0) is 0 Å². The van der Waals surface area contributed by atoms with Crippen molar-refractivity contribution in [2.75, 3.05) is 13.2 Å². The van der Waals surface area contributed by atoms with Gasteiger partial charge in [0.25, 0.3) is 0 Å². The van der Waals surface area contributed by atoms with E-state index in [0.717, 1.165) is 11.1 Å². The van der Waals surface area contributed by atoms with E-state index in [4.69, 9.17) is 4.74 Å². The lowest BCUT2D eigenvalue weighted by molar-refractivity contribution is 0.101. The van der Waals surface area contributed by atoms with Crippen molar-refractivity contribution in [3.8, 4) is 5.75 Å². The summed E-state index contributed by atoms with van der Waals surface area (Å²) in [6.45, 7) is 7.07. The van der Waals surface area contributed by atoms with E-state index in [2.05, 4.69) is 32.2 Å². The first-order valence-electron chi connectivity index (χ1n) is 6.48. The number of hydrogen-bond acceptors (Lipinski definition) is 4. The fourth-order valence-corrected chi connectivity index (χ4v) is 2.62. The lowest BCUT2D eigenvalue weighted by Gasteiger charge is -2.22. The molecule has 1 heterocycles. The predicted molar refractivity (Wildman–Crippen MR) is 88.3 cm³/mol. The molecule has 1 aromatic carbocycles. The monoisotopic (exact) mass is 315 g/mol. The Labute approximate surface area is 130 Å². The van der Waals surface area contributed by atoms with Crippen LogP contribution in [0.25, 0.3) is 10.1 Å². The Hall–Kier alpha value is -0.810. The molecule has 20 heavy (non-hydrogen) atoms. The molecule has 2 aromatic rings. The summed E-state index contributed by atoms with van der Waals surface area (Å²) >= 11 is 1.66. The Morgan fingerprint density at radius 2 is 2.00 bits per heavy atom. The van der Waals surface area contributed by atoms with Crippen LogP contribution in [-0.4, -0.2) is 29.9 Å². The molecule has 0 spiro atoms. The maximum Gasteiger partial charge on any atom is 0.137 e. The highest BCUT2D eigenvalue weighted by molar-refractivity contribution is 7.17. The van der Waals surface area contributed by atoms with Crippen LogP contribution < -0.4 is 10.1 Å². The normalized spacial score (nSPS) is 13.0. The molecule has 2 rings (SSSR count). The van der Waals surface area contributed by atoms with E-state index < -0.39 is 6.10 Å². The average Bonchev–Trinajstić information content (AvgIpc) is 2.76. The SMILES string of the molecule is CC(C)(C)NCC(O)COc1csc2ccccc12.Cl. The highest BCUT2D eigenvalue weighted by atomic mass is 35.5. The van der Waals surface area contributed by atoms with E-state index in [1.165, 1.54) is 4.70 Å². The van der Waals surface area contributed by atoms with Gasteiger partial charge < -0.3 is 15.2 Å². The highest BCUT2D eigenvalue weighted by Gasteiger charge is 2.13. The Balaban J connectivity index is 0.00000200. The summed E-state index contributed by atoms with van der Waals surface area (Å²) in [5, 5.41) is 16.3. The van der Waals surface area contributed by atoms with Gasteiger partial charge in [0.15, 0.2) is 0 Å². The third kappa shape index (κ3) is 4.94. The molecule has 0 fully saturated rings. The van der Waals surface area contributed by atoms with Crippen LogP contribution in [0.1, 0.15) is 20.8 Å². The minimum atomic E-state index is -0.502. The molecule has 112 valence electrons. The van der Waals surface area contributed by atoms with E-state index in [1.54, 1.807) is 11.3 Å². The summed E-state index contributed by atoms with van der Waals surface area (Å²) in [5.74, 6) is 0.857. The first kappa shape index (κ1) is 17.2. The van der Waals surface area contributed by atoms with Gasteiger partial charge >= 0.3 is 0 Å². The second kappa shape index (κ2) is 7.27. The third-order valence-electron chi connectivity index (χ3n) is 2.74. The number of β-amino-alcohol motifs (C(OH)–C–C–N with tert-alkyl or cyclic N) is 1. The zero-order valence-electron chi connectivity index (χ0n) is 12.1. The van der Waals surface area contributed by atoms with Crippen molar-refractivity contribution in [1.82, 2.24) is 5.32 Å². The molecule has 0 bridgehead atoms. The predicted octanol–water partition coefficient (Wildman–Crippen LogP) is 3.45. The van der Waals surface area contributed by atoms with Crippen molar-refractivity contribution in [2.24, 2.45) is 0 Å². The van der Waals surface area contributed by atoms with Gasteiger partial charge in [-0.1, -0.05) is 12.1 Å². The summed E-state index contributed by atoms with van der Waals surface area (Å²) in [5.41, 5.74) is 0.00998. The molecule has 1 atom stereocenters. The first-order valence-corrected chi connectivity index (χ1v) is 7.36. The average molecular weight is 316 g/mol. The summed E-state index contributed by atoms with van der Waals surface area (Å²) in [7, 11) is 0. The van der Waals surface area contributed by atoms with Crippen LogP contribution in [0.5, 0.6) is 5.75 Å². The van der Waals surface area contributed by atoms with Crippen molar-refractivity contribution in [2.45, 2.75) is 32.4 Å². The molecule has 0 radical (unpaired) electrons. The quantitative estimate of drug-likeness (QED) is 0.888. The van der Waals surface area contributed by atoms with E-state index in [9.17, 15) is 5.11 Å². The fraction of sp³-hybridized carbons (Fsp3) is 0.467. The van der Waals surface area contributed by atoms with Crippen LogP contribution >= 0.6 is 23.7 Å². The number of nitrogens with one attached hydrogen (secondary N) is 1. The maximum absolute atomic E-state index is 9.90. The molecule has 0 aliphatic carbocycles. The van der Waals surface area contributed by atoms with Gasteiger partial charge in [0.05, 0.1) is 0 Å². The van der Waals surface area contributed by atoms with Gasteiger partial charge in [-0.05, 0) is 32.9 Å². The van der Waals surface area contributed by atoms with E-state index >= 15 is 0 Å². The minimum absolute atomic E-state index is 0. The molecule has 3 nitrogen and oxygen atoms in total. The molecule has 2 N–H and O–H groups in total. The second-order valence-corrected chi connectivity index (χ2v) is 6.60. The van der Waals surface area contributed by atoms with Crippen molar-refractivity contribution in [1.29, 1.82) is 0 Å². The van der Waals surface area contributed by atoms with Crippen molar-refractivity contribution < 1.29 is 9.84 Å². The Morgan fingerprint density at radius 3 is 2.70 bits per heavy atom. The zero-order chi connectivity index (χ0) is 13.9. The fourth-order valence-electron chi connectivity index (χ4n) is 1.73. The van der Waals surface area contributed by atoms with E-state index in [0.29, 0.717) is 13.2 Å². The van der Waals surface area contributed by atoms with Crippen LogP contribution in [0.4, 0.5) is 0 Å². The zero-order valence-corrected chi connectivity index (χ0v) is 13.7. The number of rotatable bonds is 5. The van der Waals surface area contributed by atoms with Crippen LogP contribution in [0.2, 0.25) is 0 Å². The van der Waals surface area contributed by atoms with Gasteiger partial charge in [-0.25, -0.2) is 0 Å².